The number of hydrogen-bond acceptors (Lipinski definition) is 1. The first-order valence-corrected chi connectivity index (χ1v) is 8.51. The smallest absolute Gasteiger partial charge is 0.229 e. The Kier molecular flexibility index (Phi) is 3.53. The van der Waals surface area contributed by atoms with Crippen molar-refractivity contribution in [3.8, 4) is 0 Å². The number of rotatable bonds is 2. The summed E-state index contributed by atoms with van der Waals surface area (Å²) in [5.74, 6) is 0.133. The maximum absolute atomic E-state index is 12.6. The van der Waals surface area contributed by atoms with E-state index in [1.807, 2.05) is 30.0 Å². The fourth-order valence-electron chi connectivity index (χ4n) is 3.52. The second-order valence-corrected chi connectivity index (χ2v) is 6.81. The Labute approximate surface area is 140 Å². The third-order valence-corrected chi connectivity index (χ3v) is 5.11. The Hall–Kier alpha value is -2.00. The minimum atomic E-state index is -0.104. The lowest BCUT2D eigenvalue weighted by atomic mass is 9.98. The van der Waals surface area contributed by atoms with E-state index in [2.05, 4.69) is 23.2 Å². The minimum absolute atomic E-state index is 0.104. The van der Waals surface area contributed by atoms with E-state index < -0.39 is 0 Å². The van der Waals surface area contributed by atoms with Gasteiger partial charge >= 0.3 is 0 Å². The molecule has 1 fully saturated rings. The average Bonchev–Trinajstić information content (AvgIpc) is 3.20. The number of H-pyrrole nitrogens is 1. The molecule has 0 bridgehead atoms. The number of nitrogens with zero attached hydrogens (tertiary/aromatic N) is 1. The van der Waals surface area contributed by atoms with Gasteiger partial charge in [-0.05, 0) is 49.6 Å². The van der Waals surface area contributed by atoms with Gasteiger partial charge in [-0.1, -0.05) is 23.7 Å². The van der Waals surface area contributed by atoms with Gasteiger partial charge < -0.3 is 9.88 Å². The number of aromatic amines is 1. The summed E-state index contributed by atoms with van der Waals surface area (Å²) in [4.78, 5) is 18.0. The number of aromatic nitrogens is 1. The van der Waals surface area contributed by atoms with Gasteiger partial charge in [0.05, 0.1) is 5.92 Å². The first-order chi connectivity index (χ1) is 11.1. The molecular weight excluding hydrogens is 308 g/mol. The predicted octanol–water partition coefficient (Wildman–Crippen LogP) is 4.70. The van der Waals surface area contributed by atoms with E-state index in [0.717, 1.165) is 58.3 Å². The van der Waals surface area contributed by atoms with Crippen LogP contribution in [0.4, 0.5) is 0 Å². The number of amides is 1. The molecule has 2 aromatic carbocycles. The van der Waals surface area contributed by atoms with Gasteiger partial charge in [0.1, 0.15) is 0 Å². The number of carbonyl (C=O) groups is 1. The maximum atomic E-state index is 12.6. The highest BCUT2D eigenvalue weighted by Gasteiger charge is 2.24. The lowest BCUT2D eigenvalue weighted by molar-refractivity contribution is -0.131. The van der Waals surface area contributed by atoms with Crippen molar-refractivity contribution in [1.82, 2.24) is 9.88 Å². The molecule has 0 aliphatic carbocycles. The summed E-state index contributed by atoms with van der Waals surface area (Å²) >= 11 is 6.11. The largest absolute Gasteiger partial charge is 0.355 e. The molecule has 1 aromatic heterocycles. The van der Waals surface area contributed by atoms with E-state index >= 15 is 0 Å². The first kappa shape index (κ1) is 14.6. The van der Waals surface area contributed by atoms with Crippen molar-refractivity contribution >= 4 is 39.3 Å². The molecule has 4 rings (SSSR count). The Bertz CT molecular complexity index is 893. The summed E-state index contributed by atoms with van der Waals surface area (Å²) in [5.41, 5.74) is 3.19. The molecule has 1 N–H and O–H groups in total. The second-order valence-electron chi connectivity index (χ2n) is 6.37. The molecule has 0 saturated carbocycles. The third kappa shape index (κ3) is 2.49. The first-order valence-electron chi connectivity index (χ1n) is 8.13. The molecule has 0 radical (unpaired) electrons. The van der Waals surface area contributed by atoms with Crippen LogP contribution in [0.1, 0.15) is 31.2 Å². The normalized spacial score (nSPS) is 16.3. The van der Waals surface area contributed by atoms with E-state index in [9.17, 15) is 4.79 Å². The summed E-state index contributed by atoms with van der Waals surface area (Å²) in [7, 11) is 0. The highest BCUT2D eigenvalue weighted by atomic mass is 35.5. The topological polar surface area (TPSA) is 36.1 Å². The fraction of sp³-hybridized carbons (Fsp3) is 0.316. The predicted molar refractivity (Wildman–Crippen MR) is 95.0 cm³/mol. The van der Waals surface area contributed by atoms with Crippen molar-refractivity contribution in [3.05, 3.63) is 47.0 Å². The van der Waals surface area contributed by atoms with Crippen LogP contribution in [0, 0.1) is 0 Å². The molecule has 0 unspecified atom stereocenters. The highest BCUT2D eigenvalue weighted by molar-refractivity contribution is 6.31. The number of likely N-dealkylation sites (tertiary alicyclic amines) is 1. The lowest BCUT2D eigenvalue weighted by Gasteiger charge is -2.20. The van der Waals surface area contributed by atoms with Gasteiger partial charge in [-0.25, -0.2) is 0 Å². The molecule has 118 valence electrons. The number of fused-ring (bicyclic) bond motifs is 3. The van der Waals surface area contributed by atoms with Crippen molar-refractivity contribution in [2.24, 2.45) is 0 Å². The molecule has 23 heavy (non-hydrogen) atoms. The zero-order chi connectivity index (χ0) is 16.0. The standard InChI is InChI=1S/C19H19ClN2O/c1-12(19(23)22-8-2-3-9-22)13-4-6-15-16-11-14(20)5-7-17(16)21-18(15)10-13/h4-7,10-12,21H,2-3,8-9H2,1H3/t12-/m0/s1. The number of benzene rings is 2. The minimum Gasteiger partial charge on any atom is -0.355 e. The van der Waals surface area contributed by atoms with Crippen LogP contribution in [0.5, 0.6) is 0 Å². The molecule has 1 aliphatic rings. The quantitative estimate of drug-likeness (QED) is 0.728. The van der Waals surface area contributed by atoms with Gasteiger partial charge in [0.2, 0.25) is 5.91 Å². The van der Waals surface area contributed by atoms with Crippen molar-refractivity contribution in [1.29, 1.82) is 0 Å². The van der Waals surface area contributed by atoms with Crippen molar-refractivity contribution in [2.45, 2.75) is 25.7 Å². The fourth-order valence-corrected chi connectivity index (χ4v) is 3.69. The van der Waals surface area contributed by atoms with Crippen LogP contribution < -0.4 is 0 Å². The summed E-state index contributed by atoms with van der Waals surface area (Å²) < 4.78 is 0. The summed E-state index contributed by atoms with van der Waals surface area (Å²) in [5, 5.41) is 3.00. The van der Waals surface area contributed by atoms with Gasteiger partial charge in [-0.2, -0.15) is 0 Å². The molecular formula is C19H19ClN2O. The van der Waals surface area contributed by atoms with E-state index in [1.54, 1.807) is 0 Å². The SMILES string of the molecule is C[C@H](C(=O)N1CCCC1)c1ccc2c(c1)[nH]c1ccc(Cl)cc12. The van der Waals surface area contributed by atoms with Crippen LogP contribution in [0.3, 0.4) is 0 Å². The molecule has 0 spiro atoms. The number of carbonyl (C=O) groups excluding carboxylic acids is 1. The number of nitrogens with one attached hydrogen (secondary N) is 1. The summed E-state index contributed by atoms with van der Waals surface area (Å²) in [6, 6.07) is 12.1. The lowest BCUT2D eigenvalue weighted by Crippen LogP contribution is -2.31. The van der Waals surface area contributed by atoms with Crippen LogP contribution in [-0.2, 0) is 4.79 Å². The Morgan fingerprint density at radius 2 is 1.87 bits per heavy atom. The van der Waals surface area contributed by atoms with E-state index in [4.69, 9.17) is 11.6 Å². The van der Waals surface area contributed by atoms with Crippen LogP contribution in [0.15, 0.2) is 36.4 Å². The van der Waals surface area contributed by atoms with Crippen LogP contribution >= 0.6 is 11.6 Å². The van der Waals surface area contributed by atoms with Gasteiger partial charge in [0, 0.05) is 39.9 Å². The molecule has 4 heteroatoms. The maximum Gasteiger partial charge on any atom is 0.229 e. The summed E-state index contributed by atoms with van der Waals surface area (Å²) in [6.07, 6.45) is 2.25. The van der Waals surface area contributed by atoms with Gasteiger partial charge in [-0.15, -0.1) is 0 Å². The zero-order valence-corrected chi connectivity index (χ0v) is 13.9. The van der Waals surface area contributed by atoms with Gasteiger partial charge in [0.15, 0.2) is 0 Å². The zero-order valence-electron chi connectivity index (χ0n) is 13.1. The average molecular weight is 327 g/mol. The van der Waals surface area contributed by atoms with Crippen molar-refractivity contribution in [3.63, 3.8) is 0 Å². The second kappa shape index (κ2) is 5.57. The van der Waals surface area contributed by atoms with Crippen LogP contribution in [-0.4, -0.2) is 28.9 Å². The molecule has 2 heterocycles. The van der Waals surface area contributed by atoms with Crippen molar-refractivity contribution < 1.29 is 4.79 Å². The highest BCUT2D eigenvalue weighted by Crippen LogP contribution is 2.30. The Balaban J connectivity index is 1.73. The van der Waals surface area contributed by atoms with Crippen LogP contribution in [0.2, 0.25) is 5.02 Å². The molecule has 1 saturated heterocycles. The van der Waals surface area contributed by atoms with E-state index in [0.29, 0.717) is 0 Å². The monoisotopic (exact) mass is 326 g/mol. The third-order valence-electron chi connectivity index (χ3n) is 4.87. The molecule has 1 atom stereocenters. The Morgan fingerprint density at radius 3 is 2.65 bits per heavy atom. The number of hydrogen-bond donors (Lipinski definition) is 1. The van der Waals surface area contributed by atoms with Gasteiger partial charge in [0.25, 0.3) is 0 Å². The molecule has 1 aliphatic heterocycles. The molecule has 1 amide bonds. The van der Waals surface area contributed by atoms with Gasteiger partial charge in [-0.3, -0.25) is 4.79 Å². The number of halogens is 1. The molecule has 3 nitrogen and oxygen atoms in total. The summed E-state index contributed by atoms with van der Waals surface area (Å²) in [6.45, 7) is 3.80. The van der Waals surface area contributed by atoms with E-state index in [-0.39, 0.29) is 11.8 Å². The van der Waals surface area contributed by atoms with E-state index in [1.165, 1.54) is 0 Å². The Morgan fingerprint density at radius 1 is 1.09 bits per heavy atom. The van der Waals surface area contributed by atoms with Crippen molar-refractivity contribution in [2.75, 3.05) is 13.1 Å². The molecule has 3 aromatic rings. The van der Waals surface area contributed by atoms with Crippen LogP contribution in [0.25, 0.3) is 21.8 Å².